The van der Waals surface area contributed by atoms with E-state index in [9.17, 15) is 0 Å². The van der Waals surface area contributed by atoms with E-state index in [2.05, 4.69) is 18.0 Å². The summed E-state index contributed by atoms with van der Waals surface area (Å²) in [5.41, 5.74) is 4.27. The van der Waals surface area contributed by atoms with Crippen LogP contribution in [0, 0.1) is 6.07 Å². The Morgan fingerprint density at radius 3 is 3.36 bits per heavy atom. The van der Waals surface area contributed by atoms with Crippen molar-refractivity contribution in [3.8, 4) is 0 Å². The molecule has 1 heterocycles. The highest BCUT2D eigenvalue weighted by molar-refractivity contribution is 7.16. The normalized spacial score (nSPS) is 10.6. The SMILES string of the molecule is CCc1[c]ccc2ncsc12. The molecule has 0 aliphatic carbocycles. The fourth-order valence-electron chi connectivity index (χ4n) is 1.15. The van der Waals surface area contributed by atoms with E-state index in [0.717, 1.165) is 11.9 Å². The van der Waals surface area contributed by atoms with Gasteiger partial charge in [-0.05, 0) is 24.1 Å². The van der Waals surface area contributed by atoms with Gasteiger partial charge in [0.15, 0.2) is 0 Å². The van der Waals surface area contributed by atoms with Crippen molar-refractivity contribution in [2.24, 2.45) is 0 Å². The average Bonchev–Trinajstić information content (AvgIpc) is 2.50. The first-order valence-corrected chi connectivity index (χ1v) is 4.52. The van der Waals surface area contributed by atoms with E-state index in [0.29, 0.717) is 0 Å². The van der Waals surface area contributed by atoms with Crippen LogP contribution in [0.1, 0.15) is 12.5 Å². The maximum absolute atomic E-state index is 4.23. The van der Waals surface area contributed by atoms with Crippen LogP contribution >= 0.6 is 11.3 Å². The molecular formula is C9H8NS. The number of hydrogen-bond donors (Lipinski definition) is 0. The van der Waals surface area contributed by atoms with E-state index in [1.165, 1.54) is 10.3 Å². The van der Waals surface area contributed by atoms with Crippen molar-refractivity contribution in [2.45, 2.75) is 13.3 Å². The van der Waals surface area contributed by atoms with Crippen LogP contribution in [0.4, 0.5) is 0 Å². The van der Waals surface area contributed by atoms with Gasteiger partial charge >= 0.3 is 0 Å². The third-order valence-electron chi connectivity index (χ3n) is 1.72. The van der Waals surface area contributed by atoms with E-state index in [1.807, 2.05) is 17.6 Å². The van der Waals surface area contributed by atoms with Crippen molar-refractivity contribution >= 4 is 21.6 Å². The Balaban J connectivity index is 2.79. The predicted molar refractivity (Wildman–Crippen MR) is 47.8 cm³/mol. The quantitative estimate of drug-likeness (QED) is 0.628. The lowest BCUT2D eigenvalue weighted by Gasteiger charge is -1.94. The molecule has 1 aromatic carbocycles. The second-order valence-electron chi connectivity index (χ2n) is 2.38. The average molecular weight is 162 g/mol. The van der Waals surface area contributed by atoms with Gasteiger partial charge in [0.25, 0.3) is 0 Å². The monoisotopic (exact) mass is 162 g/mol. The van der Waals surface area contributed by atoms with Gasteiger partial charge < -0.3 is 0 Å². The molecule has 1 radical (unpaired) electrons. The zero-order chi connectivity index (χ0) is 7.68. The molecule has 0 amide bonds. The van der Waals surface area contributed by atoms with Crippen molar-refractivity contribution in [1.82, 2.24) is 4.98 Å². The largest absolute Gasteiger partial charge is 0.245 e. The van der Waals surface area contributed by atoms with E-state index in [-0.39, 0.29) is 0 Å². The van der Waals surface area contributed by atoms with Crippen LogP contribution in [0.15, 0.2) is 17.6 Å². The molecule has 0 fully saturated rings. The summed E-state index contributed by atoms with van der Waals surface area (Å²) in [6.07, 6.45) is 1.04. The molecule has 0 atom stereocenters. The Labute approximate surface area is 69.7 Å². The molecule has 0 saturated carbocycles. The highest BCUT2D eigenvalue weighted by Gasteiger charge is 1.99. The number of thiazole rings is 1. The zero-order valence-corrected chi connectivity index (χ0v) is 7.11. The fourth-order valence-corrected chi connectivity index (χ4v) is 2.01. The lowest BCUT2D eigenvalue weighted by molar-refractivity contribution is 1.16. The van der Waals surface area contributed by atoms with E-state index in [4.69, 9.17) is 0 Å². The Bertz CT molecular complexity index is 364. The van der Waals surface area contributed by atoms with Crippen LogP contribution in [-0.4, -0.2) is 4.98 Å². The molecule has 0 unspecified atom stereocenters. The second-order valence-corrected chi connectivity index (χ2v) is 3.23. The van der Waals surface area contributed by atoms with Crippen LogP contribution in [0.5, 0.6) is 0 Å². The summed E-state index contributed by atoms with van der Waals surface area (Å²) in [4.78, 5) is 4.23. The summed E-state index contributed by atoms with van der Waals surface area (Å²) < 4.78 is 1.29. The molecular weight excluding hydrogens is 154 g/mol. The first kappa shape index (κ1) is 6.80. The Kier molecular flexibility index (Phi) is 1.62. The van der Waals surface area contributed by atoms with Crippen LogP contribution in [0.2, 0.25) is 0 Å². The molecule has 0 spiro atoms. The molecule has 0 aliphatic rings. The molecule has 2 heteroatoms. The summed E-state index contributed by atoms with van der Waals surface area (Å²) in [5, 5.41) is 0. The van der Waals surface area contributed by atoms with E-state index >= 15 is 0 Å². The molecule has 0 saturated heterocycles. The number of rotatable bonds is 1. The third-order valence-corrected chi connectivity index (χ3v) is 2.62. The lowest BCUT2D eigenvalue weighted by atomic mass is 10.2. The molecule has 11 heavy (non-hydrogen) atoms. The number of hydrogen-bond acceptors (Lipinski definition) is 2. The number of fused-ring (bicyclic) bond motifs is 1. The molecule has 2 aromatic rings. The van der Waals surface area contributed by atoms with Gasteiger partial charge in [0.2, 0.25) is 0 Å². The van der Waals surface area contributed by atoms with Gasteiger partial charge in [-0.3, -0.25) is 0 Å². The molecule has 55 valence electrons. The van der Waals surface area contributed by atoms with Crippen LogP contribution in [0.25, 0.3) is 10.2 Å². The number of aryl methyl sites for hydroxylation is 1. The fraction of sp³-hybridized carbons (Fsp3) is 0.222. The van der Waals surface area contributed by atoms with Crippen LogP contribution in [-0.2, 0) is 6.42 Å². The van der Waals surface area contributed by atoms with Crippen molar-refractivity contribution in [2.75, 3.05) is 0 Å². The van der Waals surface area contributed by atoms with Gasteiger partial charge in [0.1, 0.15) is 0 Å². The molecule has 2 rings (SSSR count). The Morgan fingerprint density at radius 1 is 1.64 bits per heavy atom. The minimum Gasteiger partial charge on any atom is -0.245 e. The molecule has 1 aromatic heterocycles. The summed E-state index contributed by atoms with van der Waals surface area (Å²) in [6.45, 7) is 2.14. The second kappa shape index (κ2) is 2.62. The van der Waals surface area contributed by atoms with Crippen molar-refractivity contribution in [3.05, 3.63) is 29.3 Å². The van der Waals surface area contributed by atoms with Gasteiger partial charge in [-0.15, -0.1) is 11.3 Å². The Hall–Kier alpha value is -0.890. The molecule has 0 bridgehead atoms. The van der Waals surface area contributed by atoms with Crippen LogP contribution < -0.4 is 0 Å². The maximum Gasteiger partial charge on any atom is 0.0815 e. The van der Waals surface area contributed by atoms with Gasteiger partial charge in [0, 0.05) is 0 Å². The van der Waals surface area contributed by atoms with Crippen molar-refractivity contribution in [3.63, 3.8) is 0 Å². The minimum absolute atomic E-state index is 1.04. The van der Waals surface area contributed by atoms with Gasteiger partial charge in [0.05, 0.1) is 15.7 Å². The molecule has 0 N–H and O–H groups in total. The lowest BCUT2D eigenvalue weighted by Crippen LogP contribution is -1.78. The Morgan fingerprint density at radius 2 is 2.55 bits per heavy atom. The van der Waals surface area contributed by atoms with Crippen molar-refractivity contribution < 1.29 is 0 Å². The first-order valence-electron chi connectivity index (χ1n) is 3.64. The zero-order valence-electron chi connectivity index (χ0n) is 6.29. The van der Waals surface area contributed by atoms with E-state index < -0.39 is 0 Å². The number of benzene rings is 1. The summed E-state index contributed by atoms with van der Waals surface area (Å²) in [7, 11) is 0. The number of nitrogens with zero attached hydrogens (tertiary/aromatic N) is 1. The molecule has 1 nitrogen and oxygen atoms in total. The maximum atomic E-state index is 4.23. The van der Waals surface area contributed by atoms with Gasteiger partial charge in [-0.25, -0.2) is 4.98 Å². The van der Waals surface area contributed by atoms with Crippen LogP contribution in [0.3, 0.4) is 0 Å². The smallest absolute Gasteiger partial charge is 0.0815 e. The predicted octanol–water partition coefficient (Wildman–Crippen LogP) is 2.66. The first-order chi connectivity index (χ1) is 5.42. The van der Waals surface area contributed by atoms with Gasteiger partial charge in [-0.2, -0.15) is 0 Å². The summed E-state index contributed by atoms with van der Waals surface area (Å²) in [6, 6.07) is 7.17. The highest BCUT2D eigenvalue weighted by Crippen LogP contribution is 2.21. The van der Waals surface area contributed by atoms with Crippen molar-refractivity contribution in [1.29, 1.82) is 0 Å². The topological polar surface area (TPSA) is 12.9 Å². The summed E-state index contributed by atoms with van der Waals surface area (Å²) >= 11 is 1.70. The minimum atomic E-state index is 1.04. The van der Waals surface area contributed by atoms with E-state index in [1.54, 1.807) is 11.3 Å². The number of aromatic nitrogens is 1. The standard InChI is InChI=1S/C9H8NS/c1-2-7-4-3-5-8-9(7)11-6-10-8/h3,5-6H,2H2,1H3. The highest BCUT2D eigenvalue weighted by atomic mass is 32.1. The molecule has 0 aliphatic heterocycles. The summed E-state index contributed by atoms with van der Waals surface area (Å²) in [5.74, 6) is 0. The van der Waals surface area contributed by atoms with Gasteiger partial charge in [-0.1, -0.05) is 13.0 Å². The third kappa shape index (κ3) is 1.03.